The summed E-state index contributed by atoms with van der Waals surface area (Å²) in [6, 6.07) is 4.60. The molecule has 2 rings (SSSR count). The summed E-state index contributed by atoms with van der Waals surface area (Å²) < 4.78 is 13.2. The number of halogens is 1. The summed E-state index contributed by atoms with van der Waals surface area (Å²) in [6.45, 7) is 3.44. The van der Waals surface area contributed by atoms with Crippen LogP contribution in [0.25, 0.3) is 5.57 Å². The molecule has 0 aliphatic carbocycles. The minimum atomic E-state index is -1.04. The van der Waals surface area contributed by atoms with Crippen LogP contribution in [0.1, 0.15) is 24.5 Å². The maximum atomic E-state index is 13.2. The highest BCUT2D eigenvalue weighted by atomic mass is 19.1. The second-order valence-corrected chi connectivity index (χ2v) is 4.12. The molecule has 0 fully saturated rings. The molecule has 1 heterocycles. The average Bonchev–Trinajstić information content (AvgIpc) is 2.64. The molecule has 0 amide bonds. The van der Waals surface area contributed by atoms with Crippen molar-refractivity contribution in [3.05, 3.63) is 40.8 Å². The van der Waals surface area contributed by atoms with Gasteiger partial charge in [-0.05, 0) is 42.7 Å². The molecule has 0 aromatic heterocycles. The molecule has 0 saturated carbocycles. The fraction of sp³-hybridized carbons (Fsp3) is 0.231. The van der Waals surface area contributed by atoms with Crippen LogP contribution in [-0.2, 0) is 4.79 Å². The molecule has 4 heteroatoms. The molecule has 88 valence electrons. The van der Waals surface area contributed by atoms with Gasteiger partial charge in [-0.1, -0.05) is 6.07 Å². The number of aliphatic imine (C=N–C) groups is 1. The molecule has 0 bridgehead atoms. The molecule has 0 radical (unpaired) electrons. The first-order valence-corrected chi connectivity index (χ1v) is 5.26. The maximum Gasteiger partial charge on any atom is 0.354 e. The first-order valence-electron chi connectivity index (χ1n) is 5.26. The molecule has 0 atom stereocenters. The zero-order chi connectivity index (χ0) is 12.6. The predicted octanol–water partition coefficient (Wildman–Crippen LogP) is 2.79. The van der Waals surface area contributed by atoms with Crippen molar-refractivity contribution in [2.24, 2.45) is 4.99 Å². The lowest BCUT2D eigenvalue weighted by Crippen LogP contribution is -1.99. The summed E-state index contributed by atoms with van der Waals surface area (Å²) in [4.78, 5) is 15.0. The summed E-state index contributed by atoms with van der Waals surface area (Å²) in [6.07, 6.45) is 0.507. The molecule has 0 spiro atoms. The largest absolute Gasteiger partial charge is 0.477 e. The van der Waals surface area contributed by atoms with E-state index in [9.17, 15) is 9.18 Å². The van der Waals surface area contributed by atoms with Gasteiger partial charge in [-0.15, -0.1) is 0 Å². The Bertz CT molecular complexity index is 559. The second-order valence-electron chi connectivity index (χ2n) is 4.12. The van der Waals surface area contributed by atoms with E-state index in [0.29, 0.717) is 17.6 Å². The number of benzene rings is 1. The van der Waals surface area contributed by atoms with Crippen molar-refractivity contribution in [1.29, 1.82) is 0 Å². The zero-order valence-corrected chi connectivity index (χ0v) is 9.62. The number of carboxylic acid groups (broad SMARTS) is 1. The molecule has 0 saturated heterocycles. The molecule has 1 N–H and O–H groups in total. The normalized spacial score (nSPS) is 15.1. The van der Waals surface area contributed by atoms with Crippen molar-refractivity contribution in [3.63, 3.8) is 0 Å². The first-order chi connectivity index (χ1) is 7.99. The highest BCUT2D eigenvalue weighted by molar-refractivity contribution is 6.08. The van der Waals surface area contributed by atoms with E-state index in [1.807, 2.05) is 0 Å². The number of aryl methyl sites for hydroxylation is 1. The summed E-state index contributed by atoms with van der Waals surface area (Å²) in [5, 5.41) is 9.05. The fourth-order valence-corrected chi connectivity index (χ4v) is 1.89. The van der Waals surface area contributed by atoms with E-state index in [1.165, 1.54) is 6.07 Å². The minimum Gasteiger partial charge on any atom is -0.477 e. The lowest BCUT2D eigenvalue weighted by atomic mass is 9.99. The van der Waals surface area contributed by atoms with Crippen LogP contribution in [0.15, 0.2) is 28.9 Å². The molecule has 1 aliphatic rings. The van der Waals surface area contributed by atoms with E-state index in [2.05, 4.69) is 4.99 Å². The summed E-state index contributed by atoms with van der Waals surface area (Å²) >= 11 is 0. The van der Waals surface area contributed by atoms with Gasteiger partial charge >= 0.3 is 5.97 Å². The van der Waals surface area contributed by atoms with Gasteiger partial charge in [0.05, 0.1) is 0 Å². The molecule has 1 aromatic rings. The Morgan fingerprint density at radius 1 is 1.41 bits per heavy atom. The van der Waals surface area contributed by atoms with Crippen molar-refractivity contribution in [2.45, 2.75) is 20.3 Å². The third kappa shape index (κ3) is 2.11. The van der Waals surface area contributed by atoms with Crippen LogP contribution in [0.4, 0.5) is 4.39 Å². The Hall–Kier alpha value is -1.97. The van der Waals surface area contributed by atoms with E-state index in [4.69, 9.17) is 5.11 Å². The number of aliphatic carboxylic acids is 1. The molecular formula is C13H12FNO2. The van der Waals surface area contributed by atoms with E-state index in [0.717, 1.165) is 11.3 Å². The predicted molar refractivity (Wildman–Crippen MR) is 63.4 cm³/mol. The van der Waals surface area contributed by atoms with Gasteiger partial charge in [-0.3, -0.25) is 0 Å². The van der Waals surface area contributed by atoms with Crippen LogP contribution < -0.4 is 0 Å². The van der Waals surface area contributed by atoms with E-state index in [1.54, 1.807) is 26.0 Å². The van der Waals surface area contributed by atoms with E-state index >= 15 is 0 Å². The zero-order valence-electron chi connectivity index (χ0n) is 9.62. The van der Waals surface area contributed by atoms with Crippen LogP contribution in [0.5, 0.6) is 0 Å². The molecule has 0 unspecified atom stereocenters. The SMILES string of the molecule is CC1=NC(C(=O)O)=C(c2ccc(F)c(C)c2)C1. The Balaban J connectivity index is 2.50. The number of hydrogen-bond acceptors (Lipinski definition) is 2. The Morgan fingerprint density at radius 3 is 2.71 bits per heavy atom. The third-order valence-electron chi connectivity index (χ3n) is 2.73. The number of carbonyl (C=O) groups is 1. The van der Waals surface area contributed by atoms with Crippen LogP contribution >= 0.6 is 0 Å². The number of carboxylic acids is 1. The van der Waals surface area contributed by atoms with Gasteiger partial charge in [-0.25, -0.2) is 14.2 Å². The third-order valence-corrected chi connectivity index (χ3v) is 2.73. The van der Waals surface area contributed by atoms with Crippen LogP contribution in [0.2, 0.25) is 0 Å². The van der Waals surface area contributed by atoms with Crippen molar-refractivity contribution < 1.29 is 14.3 Å². The Morgan fingerprint density at radius 2 is 2.12 bits per heavy atom. The van der Waals surface area contributed by atoms with Gasteiger partial charge in [0.25, 0.3) is 0 Å². The summed E-state index contributed by atoms with van der Waals surface area (Å²) in [7, 11) is 0. The summed E-state index contributed by atoms with van der Waals surface area (Å²) in [5.41, 5.74) is 2.71. The number of allylic oxidation sites excluding steroid dienone is 1. The molecule has 3 nitrogen and oxygen atoms in total. The minimum absolute atomic E-state index is 0.0634. The second kappa shape index (κ2) is 4.13. The highest BCUT2D eigenvalue weighted by Gasteiger charge is 2.22. The van der Waals surface area contributed by atoms with Gasteiger partial charge in [0.15, 0.2) is 5.70 Å². The quantitative estimate of drug-likeness (QED) is 0.853. The summed E-state index contributed by atoms with van der Waals surface area (Å²) in [5.74, 6) is -1.33. The van der Waals surface area contributed by atoms with E-state index < -0.39 is 5.97 Å². The molecular weight excluding hydrogens is 221 g/mol. The monoisotopic (exact) mass is 233 g/mol. The number of hydrogen-bond donors (Lipinski definition) is 1. The first kappa shape index (κ1) is 11.5. The maximum absolute atomic E-state index is 13.2. The van der Waals surface area contributed by atoms with Gasteiger partial charge in [-0.2, -0.15) is 0 Å². The van der Waals surface area contributed by atoms with Gasteiger partial charge in [0.2, 0.25) is 0 Å². The molecule has 17 heavy (non-hydrogen) atoms. The average molecular weight is 233 g/mol. The van der Waals surface area contributed by atoms with Gasteiger partial charge in [0.1, 0.15) is 5.82 Å². The molecule has 1 aliphatic heterocycles. The molecule has 1 aromatic carbocycles. The number of nitrogens with zero attached hydrogens (tertiary/aromatic N) is 1. The topological polar surface area (TPSA) is 49.7 Å². The highest BCUT2D eigenvalue weighted by Crippen LogP contribution is 2.30. The van der Waals surface area contributed by atoms with Gasteiger partial charge in [0, 0.05) is 12.1 Å². The Labute approximate surface area is 98.3 Å². The van der Waals surface area contributed by atoms with Crippen LogP contribution in [0, 0.1) is 12.7 Å². The number of rotatable bonds is 2. The lowest BCUT2D eigenvalue weighted by molar-refractivity contribution is -0.132. The Kier molecular flexibility index (Phi) is 2.79. The smallest absolute Gasteiger partial charge is 0.354 e. The van der Waals surface area contributed by atoms with Gasteiger partial charge < -0.3 is 5.11 Å². The van der Waals surface area contributed by atoms with Crippen LogP contribution in [-0.4, -0.2) is 16.8 Å². The van der Waals surface area contributed by atoms with Crippen molar-refractivity contribution in [3.8, 4) is 0 Å². The van der Waals surface area contributed by atoms with Crippen molar-refractivity contribution in [1.82, 2.24) is 0 Å². The fourth-order valence-electron chi connectivity index (χ4n) is 1.89. The van der Waals surface area contributed by atoms with Crippen molar-refractivity contribution in [2.75, 3.05) is 0 Å². The van der Waals surface area contributed by atoms with Crippen molar-refractivity contribution >= 4 is 17.3 Å². The van der Waals surface area contributed by atoms with E-state index in [-0.39, 0.29) is 11.5 Å². The standard InChI is InChI=1S/C13H12FNO2/c1-7-5-9(3-4-11(7)14)10-6-8(2)15-12(10)13(16)17/h3-5H,6H2,1-2H3,(H,16,17). The lowest BCUT2D eigenvalue weighted by Gasteiger charge is -2.05. The van der Waals surface area contributed by atoms with Crippen LogP contribution in [0.3, 0.4) is 0 Å².